The number of rotatable bonds is 6. The smallest absolute Gasteiger partial charge is 0.306 e. The maximum absolute atomic E-state index is 12.1. The molecular weight excluding hydrogens is 272 g/mol. The van der Waals surface area contributed by atoms with Crippen molar-refractivity contribution in [2.45, 2.75) is 31.7 Å². The lowest BCUT2D eigenvalue weighted by Crippen LogP contribution is -2.53. The molecule has 0 aromatic heterocycles. The van der Waals surface area contributed by atoms with Gasteiger partial charge in [0.25, 0.3) is 10.2 Å². The summed E-state index contributed by atoms with van der Waals surface area (Å²) in [7, 11) is -0.888. The van der Waals surface area contributed by atoms with Gasteiger partial charge in [0.05, 0.1) is 13.5 Å². The Balaban J connectivity index is 2.56. The van der Waals surface area contributed by atoms with Crippen LogP contribution in [0.1, 0.15) is 26.2 Å². The molecule has 0 aromatic carbocycles. The number of methoxy groups -OCH3 is 1. The van der Waals surface area contributed by atoms with Crippen LogP contribution in [-0.2, 0) is 24.5 Å². The maximum atomic E-state index is 12.1. The molecule has 1 saturated heterocycles. The molecule has 1 fully saturated rings. The first-order valence-corrected chi connectivity index (χ1v) is 7.63. The lowest BCUT2D eigenvalue weighted by Gasteiger charge is -2.35. The average Bonchev–Trinajstić information content (AvgIpc) is 2.34. The summed E-state index contributed by atoms with van der Waals surface area (Å²) in [6.07, 6.45) is 1.31. The largest absolute Gasteiger partial charge is 0.469 e. The van der Waals surface area contributed by atoms with Crippen molar-refractivity contribution in [2.24, 2.45) is 0 Å². The number of nitrogens with zero attached hydrogens (tertiary/aromatic N) is 1. The summed E-state index contributed by atoms with van der Waals surface area (Å²) in [4.78, 5) is 11.0. The second kappa shape index (κ2) is 6.65. The van der Waals surface area contributed by atoms with Crippen LogP contribution < -0.4 is 4.72 Å². The van der Waals surface area contributed by atoms with Gasteiger partial charge in [-0.05, 0) is 19.8 Å². The zero-order valence-electron chi connectivity index (χ0n) is 11.6. The monoisotopic (exact) mass is 294 g/mol. The highest BCUT2D eigenvalue weighted by Gasteiger charge is 2.33. The van der Waals surface area contributed by atoms with Crippen LogP contribution in [0, 0.1) is 0 Å². The number of esters is 1. The Bertz CT molecular complexity index is 403. The molecule has 1 aliphatic heterocycles. The number of ether oxygens (including phenoxy) is 2. The van der Waals surface area contributed by atoms with Gasteiger partial charge < -0.3 is 9.47 Å². The fourth-order valence-electron chi connectivity index (χ4n) is 1.78. The zero-order valence-corrected chi connectivity index (χ0v) is 12.5. The van der Waals surface area contributed by atoms with Crippen LogP contribution in [0.25, 0.3) is 0 Å². The number of nitrogens with one attached hydrogen (secondary N) is 1. The van der Waals surface area contributed by atoms with Crippen LogP contribution in [0.2, 0.25) is 0 Å². The Morgan fingerprint density at radius 1 is 1.42 bits per heavy atom. The van der Waals surface area contributed by atoms with Gasteiger partial charge in [-0.1, -0.05) is 0 Å². The predicted octanol–water partition coefficient (Wildman–Crippen LogP) is -0.115. The van der Waals surface area contributed by atoms with Crippen molar-refractivity contribution in [2.75, 3.05) is 33.9 Å². The summed E-state index contributed by atoms with van der Waals surface area (Å²) in [6.45, 7) is 3.05. The second-order valence-corrected chi connectivity index (χ2v) is 6.71. The van der Waals surface area contributed by atoms with Crippen molar-refractivity contribution >= 4 is 16.2 Å². The van der Waals surface area contributed by atoms with Gasteiger partial charge in [0, 0.05) is 32.3 Å². The summed E-state index contributed by atoms with van der Waals surface area (Å²) < 4.78 is 37.8. The van der Waals surface area contributed by atoms with Crippen LogP contribution >= 0.6 is 0 Å². The van der Waals surface area contributed by atoms with E-state index in [1.54, 1.807) is 0 Å². The van der Waals surface area contributed by atoms with Gasteiger partial charge in [-0.2, -0.15) is 17.4 Å². The minimum atomic E-state index is -3.60. The van der Waals surface area contributed by atoms with E-state index in [0.29, 0.717) is 26.1 Å². The van der Waals surface area contributed by atoms with Crippen LogP contribution in [0.4, 0.5) is 0 Å². The third-order valence-electron chi connectivity index (χ3n) is 3.24. The van der Waals surface area contributed by atoms with Gasteiger partial charge in [-0.15, -0.1) is 0 Å². The van der Waals surface area contributed by atoms with Gasteiger partial charge in [-0.3, -0.25) is 4.79 Å². The van der Waals surface area contributed by atoms with E-state index in [-0.39, 0.29) is 13.0 Å². The number of hydrogen-bond acceptors (Lipinski definition) is 5. The first kappa shape index (κ1) is 16.4. The summed E-state index contributed by atoms with van der Waals surface area (Å²) in [6, 6.07) is 0. The lowest BCUT2D eigenvalue weighted by atomic mass is 9.94. The summed E-state index contributed by atoms with van der Waals surface area (Å²) >= 11 is 0. The topological polar surface area (TPSA) is 84.9 Å². The molecule has 1 heterocycles. The Kier molecular flexibility index (Phi) is 5.72. The van der Waals surface area contributed by atoms with Gasteiger partial charge in [-0.25, -0.2) is 0 Å². The standard InChI is InChI=1S/C11H22N2O5S/c1-11(5-8-18-9-6-11)12-19(15,16)13(2)7-4-10(14)17-3/h12H,4-9H2,1-3H3. The van der Waals surface area contributed by atoms with Crippen molar-refractivity contribution in [3.05, 3.63) is 0 Å². The molecule has 0 amide bonds. The highest BCUT2D eigenvalue weighted by atomic mass is 32.2. The third kappa shape index (κ3) is 5.06. The predicted molar refractivity (Wildman–Crippen MR) is 69.8 cm³/mol. The molecule has 1 N–H and O–H groups in total. The minimum Gasteiger partial charge on any atom is -0.469 e. The molecule has 19 heavy (non-hydrogen) atoms. The molecule has 7 nitrogen and oxygen atoms in total. The van der Waals surface area contributed by atoms with Crippen molar-refractivity contribution < 1.29 is 22.7 Å². The molecule has 0 aromatic rings. The van der Waals surface area contributed by atoms with E-state index >= 15 is 0 Å². The van der Waals surface area contributed by atoms with Crippen molar-refractivity contribution in [1.82, 2.24) is 9.03 Å². The second-order valence-electron chi connectivity index (χ2n) is 4.93. The van der Waals surface area contributed by atoms with E-state index in [0.717, 1.165) is 4.31 Å². The molecule has 1 rings (SSSR count). The number of carbonyl (C=O) groups excluding carboxylic acids is 1. The molecule has 0 radical (unpaired) electrons. The summed E-state index contributed by atoms with van der Waals surface area (Å²) in [5.41, 5.74) is -0.489. The molecular formula is C11H22N2O5S. The van der Waals surface area contributed by atoms with E-state index in [2.05, 4.69) is 9.46 Å². The quantitative estimate of drug-likeness (QED) is 0.691. The molecule has 112 valence electrons. The Morgan fingerprint density at radius 3 is 2.53 bits per heavy atom. The van der Waals surface area contributed by atoms with E-state index in [4.69, 9.17) is 4.74 Å². The first-order valence-electron chi connectivity index (χ1n) is 6.19. The average molecular weight is 294 g/mol. The molecule has 0 spiro atoms. The molecule has 0 bridgehead atoms. The highest BCUT2D eigenvalue weighted by Crippen LogP contribution is 2.21. The molecule has 1 aliphatic rings. The van der Waals surface area contributed by atoms with Crippen LogP contribution in [0.15, 0.2) is 0 Å². The molecule has 0 atom stereocenters. The summed E-state index contributed by atoms with van der Waals surface area (Å²) in [5, 5.41) is 0. The molecule has 0 unspecified atom stereocenters. The Morgan fingerprint density at radius 2 is 2.00 bits per heavy atom. The lowest BCUT2D eigenvalue weighted by molar-refractivity contribution is -0.140. The maximum Gasteiger partial charge on any atom is 0.306 e. The fraction of sp³-hybridized carbons (Fsp3) is 0.909. The van der Waals surface area contributed by atoms with Gasteiger partial charge >= 0.3 is 5.97 Å². The van der Waals surface area contributed by atoms with Crippen LogP contribution in [0.3, 0.4) is 0 Å². The summed E-state index contributed by atoms with van der Waals surface area (Å²) in [5.74, 6) is -0.431. The molecule has 0 saturated carbocycles. The zero-order chi connectivity index (χ0) is 14.5. The van der Waals surface area contributed by atoms with Crippen LogP contribution in [-0.4, -0.2) is 58.1 Å². The van der Waals surface area contributed by atoms with E-state index in [1.807, 2.05) is 6.92 Å². The Hall–Kier alpha value is -0.700. The van der Waals surface area contributed by atoms with Crippen molar-refractivity contribution in [3.63, 3.8) is 0 Å². The van der Waals surface area contributed by atoms with Crippen molar-refractivity contribution in [3.8, 4) is 0 Å². The van der Waals surface area contributed by atoms with E-state index < -0.39 is 21.7 Å². The van der Waals surface area contributed by atoms with Gasteiger partial charge in [0.1, 0.15) is 0 Å². The van der Waals surface area contributed by atoms with Gasteiger partial charge in [0.2, 0.25) is 0 Å². The fourth-order valence-corrected chi connectivity index (χ4v) is 3.10. The highest BCUT2D eigenvalue weighted by molar-refractivity contribution is 7.87. The molecule has 8 heteroatoms. The third-order valence-corrected chi connectivity index (χ3v) is 4.99. The first-order chi connectivity index (χ1) is 8.79. The SMILES string of the molecule is COC(=O)CCN(C)S(=O)(=O)NC1(C)CCOCC1. The Labute approximate surface area is 114 Å². The van der Waals surface area contributed by atoms with E-state index in [9.17, 15) is 13.2 Å². The minimum absolute atomic E-state index is 0.0355. The normalized spacial score (nSPS) is 19.4. The molecule has 0 aliphatic carbocycles. The van der Waals surface area contributed by atoms with Crippen LogP contribution in [0.5, 0.6) is 0 Å². The van der Waals surface area contributed by atoms with Gasteiger partial charge in [0.15, 0.2) is 0 Å². The van der Waals surface area contributed by atoms with Crippen molar-refractivity contribution in [1.29, 1.82) is 0 Å². The number of hydrogen-bond donors (Lipinski definition) is 1. The number of carbonyl (C=O) groups is 1. The van der Waals surface area contributed by atoms with E-state index in [1.165, 1.54) is 14.2 Å².